The molecule has 2 aliphatic carbocycles. The second kappa shape index (κ2) is 14.3. The predicted octanol–water partition coefficient (Wildman–Crippen LogP) is 3.54. The van der Waals surface area contributed by atoms with E-state index in [1.165, 1.54) is 22.9 Å². The second-order valence-electron chi connectivity index (χ2n) is 15.1. The van der Waals surface area contributed by atoms with Gasteiger partial charge in [0.1, 0.15) is 35.1 Å². The Morgan fingerprint density at radius 1 is 1.18 bits per heavy atom. The SMILES string of the molecule is C=CC1CC1(NC(=O)C1CC(Oc2nccc3cc(OC)ccc23)CN1C(=O)C(CC(C)C)N(C)C(=O)OC(C)(C)C)C(=O)NS(=O)(=O)C1CC1. The van der Waals surface area contributed by atoms with Crippen LogP contribution in [0.4, 0.5) is 4.79 Å². The molecule has 2 N–H and O–H groups in total. The Morgan fingerprint density at radius 3 is 2.47 bits per heavy atom. The van der Waals surface area contributed by atoms with Gasteiger partial charge in [0, 0.05) is 31.0 Å². The topological polar surface area (TPSA) is 174 Å². The van der Waals surface area contributed by atoms with Gasteiger partial charge in [0.05, 0.1) is 18.9 Å². The van der Waals surface area contributed by atoms with E-state index in [1.807, 2.05) is 32.0 Å². The molecule has 4 amide bonds. The van der Waals surface area contributed by atoms with E-state index in [0.717, 1.165) is 5.39 Å². The lowest BCUT2D eigenvalue weighted by Gasteiger charge is -2.35. The third kappa shape index (κ3) is 8.40. The van der Waals surface area contributed by atoms with E-state index in [2.05, 4.69) is 21.6 Å². The Balaban J connectivity index is 1.45. The summed E-state index contributed by atoms with van der Waals surface area (Å²) >= 11 is 0. The summed E-state index contributed by atoms with van der Waals surface area (Å²) in [6, 6.07) is 5.13. The second-order valence-corrected chi connectivity index (χ2v) is 17.1. The van der Waals surface area contributed by atoms with Gasteiger partial charge in [-0.2, -0.15) is 0 Å². The molecule has 5 unspecified atom stereocenters. The fraction of sp³-hybridized carbons (Fsp3) is 0.583. The lowest BCUT2D eigenvalue weighted by Crippen LogP contribution is -2.58. The van der Waals surface area contributed by atoms with Crippen LogP contribution in [0.5, 0.6) is 11.6 Å². The van der Waals surface area contributed by atoms with E-state index in [0.29, 0.717) is 29.9 Å². The van der Waals surface area contributed by atoms with Gasteiger partial charge < -0.3 is 24.4 Å². The highest BCUT2D eigenvalue weighted by Crippen LogP contribution is 2.45. The van der Waals surface area contributed by atoms with Crippen LogP contribution in [-0.2, 0) is 29.1 Å². The number of methoxy groups -OCH3 is 1. The number of nitrogens with one attached hydrogen (secondary N) is 2. The monoisotopic (exact) mass is 727 g/mol. The van der Waals surface area contributed by atoms with Crippen molar-refractivity contribution in [2.75, 3.05) is 20.7 Å². The normalized spacial score (nSPS) is 23.7. The third-order valence-electron chi connectivity index (χ3n) is 9.44. The zero-order valence-electron chi connectivity index (χ0n) is 30.3. The molecule has 5 atom stereocenters. The summed E-state index contributed by atoms with van der Waals surface area (Å²) in [7, 11) is -0.832. The number of carbonyl (C=O) groups is 4. The van der Waals surface area contributed by atoms with Gasteiger partial charge in [0.25, 0.3) is 5.91 Å². The molecule has 5 rings (SSSR count). The average molecular weight is 728 g/mol. The number of likely N-dealkylation sites (N-methyl/N-ethyl adjacent to an activating group) is 1. The number of rotatable bonds is 13. The van der Waals surface area contributed by atoms with Crippen molar-refractivity contribution < 1.29 is 41.8 Å². The van der Waals surface area contributed by atoms with Crippen LogP contribution in [0.1, 0.15) is 66.7 Å². The average Bonchev–Trinajstić information content (AvgIpc) is 3.98. The van der Waals surface area contributed by atoms with E-state index in [4.69, 9.17) is 14.2 Å². The zero-order chi connectivity index (χ0) is 37.5. The minimum absolute atomic E-state index is 0.0113. The number of fused-ring (bicyclic) bond motifs is 1. The molecule has 1 aromatic carbocycles. The molecule has 0 spiro atoms. The van der Waals surface area contributed by atoms with Gasteiger partial charge >= 0.3 is 6.09 Å². The summed E-state index contributed by atoms with van der Waals surface area (Å²) in [5.41, 5.74) is -2.36. The molecule has 1 aliphatic heterocycles. The number of aromatic nitrogens is 1. The molecule has 51 heavy (non-hydrogen) atoms. The molecule has 1 aromatic heterocycles. The molecule has 0 bridgehead atoms. The number of amides is 4. The minimum atomic E-state index is -3.89. The highest BCUT2D eigenvalue weighted by Gasteiger charge is 2.62. The molecule has 3 fully saturated rings. The number of pyridine rings is 1. The van der Waals surface area contributed by atoms with Gasteiger partial charge in [-0.3, -0.25) is 24.0 Å². The van der Waals surface area contributed by atoms with Crippen LogP contribution in [0, 0.1) is 11.8 Å². The fourth-order valence-corrected chi connectivity index (χ4v) is 7.79. The minimum Gasteiger partial charge on any atom is -0.497 e. The van der Waals surface area contributed by atoms with Crippen LogP contribution < -0.4 is 19.5 Å². The Kier molecular flexibility index (Phi) is 10.6. The number of sulfonamides is 1. The number of benzene rings is 1. The largest absolute Gasteiger partial charge is 0.497 e. The maximum Gasteiger partial charge on any atom is 0.410 e. The van der Waals surface area contributed by atoms with Crippen LogP contribution in [0.2, 0.25) is 0 Å². The van der Waals surface area contributed by atoms with Crippen molar-refractivity contribution in [3.63, 3.8) is 0 Å². The number of ether oxygens (including phenoxy) is 3. The lowest BCUT2D eigenvalue weighted by molar-refractivity contribution is -0.143. The summed E-state index contributed by atoms with van der Waals surface area (Å²) < 4.78 is 44.8. The zero-order valence-corrected chi connectivity index (χ0v) is 31.1. The molecule has 14 nitrogen and oxygen atoms in total. The summed E-state index contributed by atoms with van der Waals surface area (Å²) in [4.78, 5) is 62.5. The van der Waals surface area contributed by atoms with Crippen molar-refractivity contribution in [1.82, 2.24) is 24.8 Å². The quantitative estimate of drug-likeness (QED) is 0.291. The van der Waals surface area contributed by atoms with Crippen molar-refractivity contribution in [2.45, 2.75) is 101 Å². The van der Waals surface area contributed by atoms with Gasteiger partial charge in [-0.05, 0) is 82.0 Å². The van der Waals surface area contributed by atoms with E-state index in [1.54, 1.807) is 40.1 Å². The molecule has 0 radical (unpaired) electrons. The molecule has 15 heteroatoms. The Labute approximate surface area is 299 Å². The van der Waals surface area contributed by atoms with Gasteiger partial charge in [0.15, 0.2) is 0 Å². The van der Waals surface area contributed by atoms with Crippen LogP contribution in [-0.4, -0.2) is 102 Å². The first-order valence-corrected chi connectivity index (χ1v) is 18.8. The van der Waals surface area contributed by atoms with Crippen molar-refractivity contribution >= 4 is 44.6 Å². The smallest absolute Gasteiger partial charge is 0.410 e. The Bertz CT molecular complexity index is 1810. The van der Waals surface area contributed by atoms with E-state index >= 15 is 0 Å². The first kappa shape index (κ1) is 37.8. The van der Waals surface area contributed by atoms with E-state index in [9.17, 15) is 27.6 Å². The van der Waals surface area contributed by atoms with E-state index in [-0.39, 0.29) is 31.7 Å². The van der Waals surface area contributed by atoms with Gasteiger partial charge in [-0.15, -0.1) is 6.58 Å². The number of likely N-dealkylation sites (tertiary alicyclic amines) is 1. The number of hydrogen-bond acceptors (Lipinski definition) is 10. The molecule has 2 aromatic rings. The molecular formula is C36H49N5O9S. The van der Waals surface area contributed by atoms with Crippen LogP contribution in [0.25, 0.3) is 10.8 Å². The fourth-order valence-electron chi connectivity index (χ4n) is 6.42. The van der Waals surface area contributed by atoms with Crippen molar-refractivity contribution in [3.05, 3.63) is 43.1 Å². The Hall–Kier alpha value is -4.40. The van der Waals surface area contributed by atoms with E-state index < -0.39 is 74.3 Å². The van der Waals surface area contributed by atoms with Gasteiger partial charge in [-0.25, -0.2) is 18.2 Å². The molecule has 2 saturated carbocycles. The number of carbonyl (C=O) groups excluding carboxylic acids is 4. The van der Waals surface area contributed by atoms with Crippen molar-refractivity contribution in [2.24, 2.45) is 11.8 Å². The number of hydrogen-bond donors (Lipinski definition) is 2. The highest BCUT2D eigenvalue weighted by atomic mass is 32.2. The summed E-state index contributed by atoms with van der Waals surface area (Å²) in [6.07, 6.45) is 3.08. The predicted molar refractivity (Wildman–Crippen MR) is 189 cm³/mol. The molecule has 2 heterocycles. The maximum absolute atomic E-state index is 14.5. The van der Waals surface area contributed by atoms with Crippen molar-refractivity contribution in [3.8, 4) is 11.6 Å². The highest BCUT2D eigenvalue weighted by molar-refractivity contribution is 7.91. The standard InChI is InChI=1S/C36H49N5O9S/c1-9-23-19-36(23,33(44)39-51(46,47)26-11-12-26)38-30(42)28-18-25(49-31-27-13-10-24(48-8)17-22(27)14-15-37-31)20-41(28)32(43)29(16-21(2)3)40(7)34(45)50-35(4,5)6/h9-10,13-15,17,21,23,25-26,28-29H,1,11-12,16,18-20H2,2-8H3,(H,38,42)(H,39,44). The van der Waals surface area contributed by atoms with Crippen LogP contribution in [0.3, 0.4) is 0 Å². The first-order chi connectivity index (χ1) is 23.9. The molecule has 3 aliphatic rings. The van der Waals surface area contributed by atoms with Gasteiger partial charge in [0.2, 0.25) is 27.7 Å². The Morgan fingerprint density at radius 2 is 1.88 bits per heavy atom. The summed E-state index contributed by atoms with van der Waals surface area (Å²) in [6.45, 7) is 12.8. The third-order valence-corrected chi connectivity index (χ3v) is 11.3. The van der Waals surface area contributed by atoms with Crippen molar-refractivity contribution in [1.29, 1.82) is 0 Å². The summed E-state index contributed by atoms with van der Waals surface area (Å²) in [5, 5.41) is 3.67. The molecular weight excluding hydrogens is 678 g/mol. The first-order valence-electron chi connectivity index (χ1n) is 17.3. The summed E-state index contributed by atoms with van der Waals surface area (Å²) in [5.74, 6) is -1.57. The lowest BCUT2D eigenvalue weighted by atomic mass is 10.0. The van der Waals surface area contributed by atoms with Gasteiger partial charge in [-0.1, -0.05) is 19.9 Å². The number of nitrogens with zero attached hydrogens (tertiary/aromatic N) is 3. The van der Waals surface area contributed by atoms with Crippen LogP contribution >= 0.6 is 0 Å². The molecule has 278 valence electrons. The molecule has 1 saturated heterocycles. The van der Waals surface area contributed by atoms with Crippen LogP contribution in [0.15, 0.2) is 43.1 Å². The maximum atomic E-state index is 14.5.